The van der Waals surface area contributed by atoms with Crippen molar-refractivity contribution in [2.24, 2.45) is 0 Å². The fourth-order valence-corrected chi connectivity index (χ4v) is 3.89. The van der Waals surface area contributed by atoms with Crippen LogP contribution in [0.15, 0.2) is 66.9 Å². The van der Waals surface area contributed by atoms with Crippen LogP contribution in [0.25, 0.3) is 23.0 Å². The van der Waals surface area contributed by atoms with Crippen molar-refractivity contribution in [2.45, 2.75) is 25.8 Å². The second-order valence-electron chi connectivity index (χ2n) is 8.02. The third-order valence-electron chi connectivity index (χ3n) is 5.66. The van der Waals surface area contributed by atoms with E-state index in [4.69, 9.17) is 4.74 Å². The molecule has 1 aliphatic rings. The Kier molecular flexibility index (Phi) is 7.37. The molecule has 2 aromatic carbocycles. The number of carbonyl (C=O) groups is 2. The van der Waals surface area contributed by atoms with Crippen molar-refractivity contribution in [3.8, 4) is 16.9 Å². The van der Waals surface area contributed by atoms with Crippen LogP contribution in [0.4, 0.5) is 9.18 Å². The van der Waals surface area contributed by atoms with Gasteiger partial charge < -0.3 is 15.0 Å². The first-order valence-electron chi connectivity index (χ1n) is 11.3. The van der Waals surface area contributed by atoms with Gasteiger partial charge in [-0.3, -0.25) is 4.79 Å². The van der Waals surface area contributed by atoms with Crippen molar-refractivity contribution in [2.75, 3.05) is 19.7 Å². The number of rotatable bonds is 6. The lowest BCUT2D eigenvalue weighted by atomic mass is 10.1. The molecule has 2 heterocycles. The molecule has 1 aromatic heterocycles. The largest absolute Gasteiger partial charge is 0.450 e. The summed E-state index contributed by atoms with van der Waals surface area (Å²) in [4.78, 5) is 26.1. The third-order valence-corrected chi connectivity index (χ3v) is 5.66. The standard InChI is InChI=1S/C26H27FN4O3/c1-2-34-26(33)30-16-14-22(15-17-30)28-24(32)13-10-20-18-31(23-6-4-3-5-7-23)29-25(20)19-8-11-21(27)12-9-19/h3-13,18,22H,2,14-17H2,1H3,(H,28,32)/b13-10+. The van der Waals surface area contributed by atoms with Crippen LogP contribution in [0.3, 0.4) is 0 Å². The smallest absolute Gasteiger partial charge is 0.409 e. The van der Waals surface area contributed by atoms with E-state index in [-0.39, 0.29) is 23.9 Å². The summed E-state index contributed by atoms with van der Waals surface area (Å²) in [6.45, 7) is 3.22. The number of amides is 2. The van der Waals surface area contributed by atoms with E-state index in [1.54, 1.807) is 34.7 Å². The molecule has 1 N–H and O–H groups in total. The number of likely N-dealkylation sites (tertiary alicyclic amines) is 1. The molecule has 8 heteroatoms. The number of ether oxygens (including phenoxy) is 1. The molecule has 0 atom stereocenters. The number of nitrogens with zero attached hydrogens (tertiary/aromatic N) is 3. The van der Waals surface area contributed by atoms with Gasteiger partial charge in [0.25, 0.3) is 0 Å². The van der Waals surface area contributed by atoms with Gasteiger partial charge in [-0.2, -0.15) is 5.10 Å². The molecule has 1 fully saturated rings. The van der Waals surface area contributed by atoms with Crippen LogP contribution in [0.2, 0.25) is 0 Å². The zero-order valence-corrected chi connectivity index (χ0v) is 19.0. The monoisotopic (exact) mass is 462 g/mol. The van der Waals surface area contributed by atoms with E-state index in [0.717, 1.165) is 16.8 Å². The number of carbonyl (C=O) groups excluding carboxylic acids is 2. The Morgan fingerprint density at radius 3 is 2.50 bits per heavy atom. The van der Waals surface area contributed by atoms with Crippen molar-refractivity contribution >= 4 is 18.1 Å². The number of piperidine rings is 1. The zero-order chi connectivity index (χ0) is 23.9. The molecule has 0 unspecified atom stereocenters. The third kappa shape index (κ3) is 5.70. The van der Waals surface area contributed by atoms with Gasteiger partial charge in [0, 0.05) is 42.5 Å². The number of halogens is 1. The summed E-state index contributed by atoms with van der Waals surface area (Å²) in [5.74, 6) is -0.538. The number of aromatic nitrogens is 2. The fraction of sp³-hybridized carbons (Fsp3) is 0.269. The van der Waals surface area contributed by atoms with Crippen LogP contribution in [0, 0.1) is 5.82 Å². The van der Waals surface area contributed by atoms with Crippen molar-refractivity contribution in [1.82, 2.24) is 20.0 Å². The van der Waals surface area contributed by atoms with Gasteiger partial charge in [0.2, 0.25) is 5.91 Å². The van der Waals surface area contributed by atoms with Gasteiger partial charge in [0.05, 0.1) is 18.0 Å². The lowest BCUT2D eigenvalue weighted by Gasteiger charge is -2.31. The average Bonchev–Trinajstić information content (AvgIpc) is 3.29. The van der Waals surface area contributed by atoms with E-state index < -0.39 is 0 Å². The quantitative estimate of drug-likeness (QED) is 0.550. The molecule has 0 aliphatic carbocycles. The van der Waals surface area contributed by atoms with E-state index >= 15 is 0 Å². The zero-order valence-electron chi connectivity index (χ0n) is 19.0. The highest BCUT2D eigenvalue weighted by atomic mass is 19.1. The minimum atomic E-state index is -0.322. The first-order valence-corrected chi connectivity index (χ1v) is 11.3. The topological polar surface area (TPSA) is 76.5 Å². The minimum absolute atomic E-state index is 0.00793. The van der Waals surface area contributed by atoms with E-state index in [2.05, 4.69) is 10.4 Å². The van der Waals surface area contributed by atoms with Crippen LogP contribution in [-0.4, -0.2) is 52.4 Å². The van der Waals surface area contributed by atoms with Crippen molar-refractivity contribution in [3.63, 3.8) is 0 Å². The maximum atomic E-state index is 13.4. The maximum absolute atomic E-state index is 13.4. The SMILES string of the molecule is CCOC(=O)N1CCC(NC(=O)/C=C/c2cn(-c3ccccc3)nc2-c2ccc(F)cc2)CC1. The average molecular weight is 463 g/mol. The molecule has 0 saturated carbocycles. The van der Waals surface area contributed by atoms with Crippen LogP contribution >= 0.6 is 0 Å². The van der Waals surface area contributed by atoms with E-state index in [1.165, 1.54) is 18.2 Å². The summed E-state index contributed by atoms with van der Waals surface area (Å²) in [6.07, 6.45) is 6.08. The number of nitrogens with one attached hydrogen (secondary N) is 1. The Morgan fingerprint density at radius 1 is 1.12 bits per heavy atom. The van der Waals surface area contributed by atoms with Gasteiger partial charge in [0.1, 0.15) is 5.82 Å². The van der Waals surface area contributed by atoms with Crippen LogP contribution < -0.4 is 5.32 Å². The Hall–Kier alpha value is -3.94. The van der Waals surface area contributed by atoms with Gasteiger partial charge in [-0.1, -0.05) is 18.2 Å². The van der Waals surface area contributed by atoms with E-state index in [1.807, 2.05) is 36.5 Å². The highest BCUT2D eigenvalue weighted by Crippen LogP contribution is 2.25. The molecule has 0 radical (unpaired) electrons. The molecule has 34 heavy (non-hydrogen) atoms. The van der Waals surface area contributed by atoms with E-state index in [9.17, 15) is 14.0 Å². The maximum Gasteiger partial charge on any atom is 0.409 e. The Bertz CT molecular complexity index is 1150. The minimum Gasteiger partial charge on any atom is -0.450 e. The number of para-hydroxylation sites is 1. The Balaban J connectivity index is 1.46. The van der Waals surface area contributed by atoms with Crippen LogP contribution in [0.1, 0.15) is 25.3 Å². The molecule has 0 bridgehead atoms. The number of hydrogen-bond acceptors (Lipinski definition) is 4. The van der Waals surface area contributed by atoms with Gasteiger partial charge >= 0.3 is 6.09 Å². The van der Waals surface area contributed by atoms with Gasteiger partial charge in [-0.15, -0.1) is 0 Å². The number of benzene rings is 2. The lowest BCUT2D eigenvalue weighted by Crippen LogP contribution is -2.46. The molecular weight excluding hydrogens is 435 g/mol. The highest BCUT2D eigenvalue weighted by molar-refractivity contribution is 5.93. The molecular formula is C26H27FN4O3. The summed E-state index contributed by atoms with van der Waals surface area (Å²) >= 11 is 0. The Labute approximate surface area is 197 Å². The molecule has 3 aromatic rings. The van der Waals surface area contributed by atoms with Crippen molar-refractivity contribution < 1.29 is 18.7 Å². The molecule has 1 aliphatic heterocycles. The van der Waals surface area contributed by atoms with E-state index in [0.29, 0.717) is 38.2 Å². The molecule has 1 saturated heterocycles. The summed E-state index contributed by atoms with van der Waals surface area (Å²) < 4.78 is 20.2. The molecule has 176 valence electrons. The van der Waals surface area contributed by atoms with Crippen molar-refractivity contribution in [3.05, 3.63) is 78.3 Å². The highest BCUT2D eigenvalue weighted by Gasteiger charge is 2.24. The molecule has 4 rings (SSSR count). The summed E-state index contributed by atoms with van der Waals surface area (Å²) in [5, 5.41) is 7.68. The number of hydrogen-bond donors (Lipinski definition) is 1. The van der Waals surface area contributed by atoms with Gasteiger partial charge in [0.15, 0.2) is 0 Å². The predicted molar refractivity (Wildman–Crippen MR) is 128 cm³/mol. The fourth-order valence-electron chi connectivity index (χ4n) is 3.89. The molecule has 2 amide bonds. The van der Waals surface area contributed by atoms with Gasteiger partial charge in [-0.25, -0.2) is 13.9 Å². The second-order valence-corrected chi connectivity index (χ2v) is 8.02. The Morgan fingerprint density at radius 2 is 1.82 bits per heavy atom. The molecule has 7 nitrogen and oxygen atoms in total. The van der Waals surface area contributed by atoms with Gasteiger partial charge in [-0.05, 0) is 62.2 Å². The normalized spacial score (nSPS) is 14.4. The van der Waals surface area contributed by atoms with Crippen molar-refractivity contribution in [1.29, 1.82) is 0 Å². The van der Waals surface area contributed by atoms with Crippen LogP contribution in [-0.2, 0) is 9.53 Å². The predicted octanol–water partition coefficient (Wildman–Crippen LogP) is 4.43. The molecule has 0 spiro atoms. The first-order chi connectivity index (χ1) is 16.5. The first kappa shape index (κ1) is 23.2. The summed E-state index contributed by atoms with van der Waals surface area (Å²) in [6, 6.07) is 15.7. The summed E-state index contributed by atoms with van der Waals surface area (Å²) in [5.41, 5.74) is 3.02. The second kappa shape index (κ2) is 10.8. The lowest BCUT2D eigenvalue weighted by molar-refractivity contribution is -0.117. The van der Waals surface area contributed by atoms with Crippen LogP contribution in [0.5, 0.6) is 0 Å². The summed E-state index contributed by atoms with van der Waals surface area (Å²) in [7, 11) is 0.